The minimum atomic E-state index is 0.595. The Morgan fingerprint density at radius 3 is 3.15 bits per heavy atom. The van der Waals surface area contributed by atoms with Crippen molar-refractivity contribution in [1.82, 2.24) is 4.90 Å². The maximum atomic E-state index is 6.06. The first-order chi connectivity index (χ1) is 9.86. The van der Waals surface area contributed by atoms with Crippen molar-refractivity contribution in [3.63, 3.8) is 0 Å². The molecule has 1 unspecified atom stereocenters. The summed E-state index contributed by atoms with van der Waals surface area (Å²) in [6.07, 6.45) is 6.38. The maximum absolute atomic E-state index is 6.06. The van der Waals surface area contributed by atoms with Crippen LogP contribution in [0.4, 0.5) is 5.69 Å². The summed E-state index contributed by atoms with van der Waals surface area (Å²) in [6.45, 7) is 6.53. The van der Waals surface area contributed by atoms with Crippen LogP contribution in [0.1, 0.15) is 38.2 Å². The fourth-order valence-corrected chi connectivity index (χ4v) is 3.39. The monoisotopic (exact) mass is 274 g/mol. The third-order valence-electron chi connectivity index (χ3n) is 4.62. The molecule has 3 heteroatoms. The quantitative estimate of drug-likeness (QED) is 0.911. The second-order valence-corrected chi connectivity index (χ2v) is 5.94. The molecule has 0 radical (unpaired) electrons. The number of anilines is 1. The predicted octanol–water partition coefficient (Wildman–Crippen LogP) is 3.30. The number of hydrogen-bond acceptors (Lipinski definition) is 3. The average Bonchev–Trinajstić information content (AvgIpc) is 2.53. The Morgan fingerprint density at radius 1 is 1.30 bits per heavy atom. The van der Waals surface area contributed by atoms with Crippen LogP contribution < -0.4 is 10.1 Å². The van der Waals surface area contributed by atoms with E-state index >= 15 is 0 Å². The molecule has 2 heterocycles. The van der Waals surface area contributed by atoms with E-state index in [9.17, 15) is 0 Å². The Hall–Kier alpha value is -1.22. The first kappa shape index (κ1) is 13.7. The van der Waals surface area contributed by atoms with Gasteiger partial charge in [-0.05, 0) is 50.4 Å². The fourth-order valence-electron chi connectivity index (χ4n) is 3.39. The molecule has 0 spiro atoms. The van der Waals surface area contributed by atoms with Gasteiger partial charge in [0.05, 0.1) is 0 Å². The molecule has 110 valence electrons. The Kier molecular flexibility index (Phi) is 4.46. The van der Waals surface area contributed by atoms with Gasteiger partial charge in [0.2, 0.25) is 0 Å². The van der Waals surface area contributed by atoms with E-state index in [-0.39, 0.29) is 0 Å². The molecule has 0 amide bonds. The van der Waals surface area contributed by atoms with Crippen LogP contribution in [0.5, 0.6) is 5.75 Å². The van der Waals surface area contributed by atoms with E-state index in [2.05, 4.69) is 35.3 Å². The molecule has 1 saturated heterocycles. The SMILES string of the molecule is CCN1CCCCC1COc1ccc2c(c1)NCCC2. The number of fused-ring (bicyclic) bond motifs is 1. The molecule has 1 fully saturated rings. The normalized spacial score (nSPS) is 22.9. The largest absolute Gasteiger partial charge is 0.492 e. The molecule has 3 rings (SSSR count). The van der Waals surface area contributed by atoms with E-state index in [1.165, 1.54) is 49.9 Å². The number of benzene rings is 1. The molecule has 1 N–H and O–H groups in total. The van der Waals surface area contributed by atoms with E-state index < -0.39 is 0 Å². The molecule has 0 aromatic heterocycles. The zero-order valence-electron chi connectivity index (χ0n) is 12.5. The summed E-state index contributed by atoms with van der Waals surface area (Å²) in [6, 6.07) is 7.12. The molecule has 1 atom stereocenters. The van der Waals surface area contributed by atoms with Gasteiger partial charge in [-0.25, -0.2) is 0 Å². The van der Waals surface area contributed by atoms with Crippen molar-refractivity contribution in [3.05, 3.63) is 23.8 Å². The van der Waals surface area contributed by atoms with E-state index in [4.69, 9.17) is 4.74 Å². The molecule has 3 nitrogen and oxygen atoms in total. The van der Waals surface area contributed by atoms with Gasteiger partial charge in [0.15, 0.2) is 0 Å². The lowest BCUT2D eigenvalue weighted by molar-refractivity contribution is 0.105. The van der Waals surface area contributed by atoms with Gasteiger partial charge in [0.1, 0.15) is 12.4 Å². The molecule has 1 aromatic rings. The zero-order chi connectivity index (χ0) is 13.8. The Balaban J connectivity index is 1.60. The minimum Gasteiger partial charge on any atom is -0.492 e. The van der Waals surface area contributed by atoms with Gasteiger partial charge in [-0.3, -0.25) is 4.90 Å². The van der Waals surface area contributed by atoms with Crippen LogP contribution in [0.2, 0.25) is 0 Å². The summed E-state index contributed by atoms with van der Waals surface area (Å²) in [5.41, 5.74) is 2.70. The highest BCUT2D eigenvalue weighted by atomic mass is 16.5. The van der Waals surface area contributed by atoms with Gasteiger partial charge >= 0.3 is 0 Å². The maximum Gasteiger partial charge on any atom is 0.121 e. The van der Waals surface area contributed by atoms with E-state index in [1.807, 2.05) is 0 Å². The van der Waals surface area contributed by atoms with Gasteiger partial charge in [-0.15, -0.1) is 0 Å². The summed E-state index contributed by atoms with van der Waals surface area (Å²) in [5.74, 6) is 1.01. The molecule has 2 aliphatic rings. The predicted molar refractivity (Wildman–Crippen MR) is 83.6 cm³/mol. The molecule has 0 aliphatic carbocycles. The summed E-state index contributed by atoms with van der Waals surface area (Å²) in [4.78, 5) is 2.56. The van der Waals surface area contributed by atoms with Gasteiger partial charge in [0.25, 0.3) is 0 Å². The van der Waals surface area contributed by atoms with Crippen molar-refractivity contribution < 1.29 is 4.74 Å². The second kappa shape index (κ2) is 6.49. The second-order valence-electron chi connectivity index (χ2n) is 5.94. The highest BCUT2D eigenvalue weighted by Gasteiger charge is 2.21. The van der Waals surface area contributed by atoms with Crippen molar-refractivity contribution in [2.75, 3.05) is 31.6 Å². The van der Waals surface area contributed by atoms with Crippen molar-refractivity contribution in [3.8, 4) is 5.75 Å². The van der Waals surface area contributed by atoms with Crippen molar-refractivity contribution in [2.45, 2.75) is 45.1 Å². The van der Waals surface area contributed by atoms with Gasteiger partial charge in [-0.2, -0.15) is 0 Å². The Labute approximate surface area is 122 Å². The number of likely N-dealkylation sites (tertiary alicyclic amines) is 1. The number of rotatable bonds is 4. The van der Waals surface area contributed by atoms with Gasteiger partial charge in [0, 0.05) is 24.3 Å². The lowest BCUT2D eigenvalue weighted by atomic mass is 10.0. The third kappa shape index (κ3) is 3.09. The molecule has 0 bridgehead atoms. The number of aryl methyl sites for hydroxylation is 1. The smallest absolute Gasteiger partial charge is 0.121 e. The number of nitrogens with one attached hydrogen (secondary N) is 1. The molecular weight excluding hydrogens is 248 g/mol. The number of likely N-dealkylation sites (N-methyl/N-ethyl adjacent to an activating group) is 1. The summed E-state index contributed by atoms with van der Waals surface area (Å²) >= 11 is 0. The summed E-state index contributed by atoms with van der Waals surface area (Å²) in [5, 5.41) is 3.47. The molecule has 0 saturated carbocycles. The molecule has 2 aliphatic heterocycles. The van der Waals surface area contributed by atoms with Crippen molar-refractivity contribution in [1.29, 1.82) is 0 Å². The van der Waals surface area contributed by atoms with Crippen LogP contribution in [-0.4, -0.2) is 37.2 Å². The topological polar surface area (TPSA) is 24.5 Å². The van der Waals surface area contributed by atoms with Gasteiger partial charge in [-0.1, -0.05) is 19.4 Å². The average molecular weight is 274 g/mol. The van der Waals surface area contributed by atoms with Crippen LogP contribution in [0.3, 0.4) is 0 Å². The molecule has 1 aromatic carbocycles. The van der Waals surface area contributed by atoms with Crippen LogP contribution in [-0.2, 0) is 6.42 Å². The van der Waals surface area contributed by atoms with Crippen molar-refractivity contribution >= 4 is 5.69 Å². The summed E-state index contributed by atoms with van der Waals surface area (Å²) in [7, 11) is 0. The number of nitrogens with zero attached hydrogens (tertiary/aromatic N) is 1. The Morgan fingerprint density at radius 2 is 2.25 bits per heavy atom. The van der Waals surface area contributed by atoms with Gasteiger partial charge < -0.3 is 10.1 Å². The standard InChI is InChI=1S/C17H26N2O/c1-2-19-11-4-3-7-15(19)13-20-16-9-8-14-6-5-10-18-17(14)12-16/h8-9,12,15,18H,2-7,10-11,13H2,1H3. The molecule has 20 heavy (non-hydrogen) atoms. The molecular formula is C17H26N2O. The first-order valence-electron chi connectivity index (χ1n) is 8.10. The fraction of sp³-hybridized carbons (Fsp3) is 0.647. The number of hydrogen-bond donors (Lipinski definition) is 1. The minimum absolute atomic E-state index is 0.595. The Bertz CT molecular complexity index is 447. The lowest BCUT2D eigenvalue weighted by Crippen LogP contribution is -2.42. The van der Waals surface area contributed by atoms with E-state index in [0.717, 1.165) is 25.4 Å². The van der Waals surface area contributed by atoms with Crippen LogP contribution in [0, 0.1) is 0 Å². The number of piperidine rings is 1. The first-order valence-corrected chi connectivity index (χ1v) is 8.10. The van der Waals surface area contributed by atoms with Crippen molar-refractivity contribution in [2.24, 2.45) is 0 Å². The summed E-state index contributed by atoms with van der Waals surface area (Å²) < 4.78 is 6.06. The highest BCUT2D eigenvalue weighted by molar-refractivity contribution is 5.56. The van der Waals surface area contributed by atoms with E-state index in [1.54, 1.807) is 0 Å². The van der Waals surface area contributed by atoms with Crippen LogP contribution in [0.15, 0.2) is 18.2 Å². The van der Waals surface area contributed by atoms with Crippen LogP contribution >= 0.6 is 0 Å². The van der Waals surface area contributed by atoms with Crippen LogP contribution in [0.25, 0.3) is 0 Å². The zero-order valence-corrected chi connectivity index (χ0v) is 12.5. The number of ether oxygens (including phenoxy) is 1. The third-order valence-corrected chi connectivity index (χ3v) is 4.62. The lowest BCUT2D eigenvalue weighted by Gasteiger charge is -2.34. The highest BCUT2D eigenvalue weighted by Crippen LogP contribution is 2.27. The van der Waals surface area contributed by atoms with E-state index in [0.29, 0.717) is 6.04 Å².